The number of anilines is 1. The van der Waals surface area contributed by atoms with E-state index < -0.39 is 11.9 Å². The maximum Gasteiger partial charge on any atom is 0.364 e. The van der Waals surface area contributed by atoms with Crippen LogP contribution in [0.15, 0.2) is 49.2 Å². The van der Waals surface area contributed by atoms with Crippen LogP contribution >= 0.6 is 11.6 Å². The van der Waals surface area contributed by atoms with Crippen molar-refractivity contribution in [3.05, 3.63) is 65.6 Å². The van der Waals surface area contributed by atoms with Gasteiger partial charge in [-0.1, -0.05) is 29.8 Å². The number of rotatable bonds is 6. The fourth-order valence-electron chi connectivity index (χ4n) is 3.65. The second-order valence-corrected chi connectivity index (χ2v) is 7.97. The van der Waals surface area contributed by atoms with E-state index in [0.29, 0.717) is 31.4 Å². The molecule has 0 saturated heterocycles. The number of hydrogen-bond donors (Lipinski definition) is 3. The van der Waals surface area contributed by atoms with Crippen LogP contribution in [0.4, 0.5) is 5.82 Å². The number of carbonyl (C=O) groups excluding carboxylic acids is 3. The number of benzene rings is 1. The summed E-state index contributed by atoms with van der Waals surface area (Å²) in [5.74, 6) is -0.921. The quantitative estimate of drug-likeness (QED) is 0.373. The lowest BCUT2D eigenvalue weighted by atomic mass is 9.85. The van der Waals surface area contributed by atoms with Crippen LogP contribution in [-0.2, 0) is 4.79 Å². The van der Waals surface area contributed by atoms with Crippen LogP contribution in [0.5, 0.6) is 5.75 Å². The first-order valence-electron chi connectivity index (χ1n) is 10.4. The normalized spacial score (nSPS) is 17.7. The zero-order valence-electron chi connectivity index (χ0n) is 17.5. The van der Waals surface area contributed by atoms with Gasteiger partial charge in [-0.15, -0.1) is 0 Å². The summed E-state index contributed by atoms with van der Waals surface area (Å²) in [5.41, 5.74) is -0.0552. The predicted octanol–water partition coefficient (Wildman–Crippen LogP) is 3.00. The molecule has 2 amide bonds. The third-order valence-electron chi connectivity index (χ3n) is 5.36. The van der Waals surface area contributed by atoms with Crippen molar-refractivity contribution in [1.82, 2.24) is 25.3 Å². The Hall–Kier alpha value is -3.79. The average molecular weight is 469 g/mol. The number of amides is 2. The first-order valence-corrected chi connectivity index (χ1v) is 10.8. The first-order chi connectivity index (χ1) is 16.0. The van der Waals surface area contributed by atoms with Crippen molar-refractivity contribution < 1.29 is 19.1 Å². The zero-order chi connectivity index (χ0) is 23.2. The number of para-hydroxylation sites is 1. The van der Waals surface area contributed by atoms with Crippen molar-refractivity contribution in [3.63, 3.8) is 0 Å². The van der Waals surface area contributed by atoms with Crippen LogP contribution in [0.1, 0.15) is 46.7 Å². The number of nitrogens with one attached hydrogen (secondary N) is 3. The molecule has 33 heavy (non-hydrogen) atoms. The first kappa shape index (κ1) is 22.4. The molecule has 1 aliphatic rings. The third kappa shape index (κ3) is 5.53. The van der Waals surface area contributed by atoms with Gasteiger partial charge in [-0.05, 0) is 37.8 Å². The Morgan fingerprint density at radius 1 is 1.06 bits per heavy atom. The van der Waals surface area contributed by atoms with Crippen molar-refractivity contribution >= 4 is 35.2 Å². The van der Waals surface area contributed by atoms with E-state index in [1.165, 1.54) is 18.9 Å². The van der Waals surface area contributed by atoms with E-state index in [2.05, 4.69) is 30.6 Å². The minimum absolute atomic E-state index is 0.0363. The predicted molar refractivity (Wildman–Crippen MR) is 119 cm³/mol. The number of H-pyrrole nitrogens is 1. The van der Waals surface area contributed by atoms with Crippen molar-refractivity contribution in [3.8, 4) is 5.75 Å². The Balaban J connectivity index is 1.30. The van der Waals surface area contributed by atoms with Crippen molar-refractivity contribution in [2.45, 2.75) is 31.7 Å². The summed E-state index contributed by atoms with van der Waals surface area (Å²) >= 11 is 5.99. The smallest absolute Gasteiger partial charge is 0.364 e. The number of aromatic nitrogens is 4. The number of nitrogens with zero attached hydrogens (tertiary/aromatic N) is 3. The van der Waals surface area contributed by atoms with Gasteiger partial charge in [0.2, 0.25) is 5.91 Å². The lowest BCUT2D eigenvalue weighted by Crippen LogP contribution is -2.40. The molecule has 2 heterocycles. The summed E-state index contributed by atoms with van der Waals surface area (Å²) in [5, 5.41) is 5.90. The van der Waals surface area contributed by atoms with Crippen LogP contribution in [0.2, 0.25) is 5.02 Å². The molecule has 0 bridgehead atoms. The van der Waals surface area contributed by atoms with Crippen molar-refractivity contribution in [2.75, 3.05) is 5.32 Å². The van der Waals surface area contributed by atoms with Crippen LogP contribution in [-0.4, -0.2) is 43.8 Å². The Morgan fingerprint density at radius 3 is 2.55 bits per heavy atom. The summed E-state index contributed by atoms with van der Waals surface area (Å²) in [4.78, 5) is 52.1. The van der Waals surface area contributed by atoms with Gasteiger partial charge in [0, 0.05) is 12.0 Å². The van der Waals surface area contributed by atoms with Gasteiger partial charge in [0.25, 0.3) is 5.91 Å². The van der Waals surface area contributed by atoms with E-state index in [4.69, 9.17) is 16.3 Å². The fourth-order valence-corrected chi connectivity index (χ4v) is 3.80. The van der Waals surface area contributed by atoms with Gasteiger partial charge >= 0.3 is 5.97 Å². The maximum absolute atomic E-state index is 12.7. The van der Waals surface area contributed by atoms with E-state index in [9.17, 15) is 14.4 Å². The molecule has 0 unspecified atom stereocenters. The summed E-state index contributed by atoms with van der Waals surface area (Å²) < 4.78 is 5.27. The molecule has 0 radical (unpaired) electrons. The third-order valence-corrected chi connectivity index (χ3v) is 5.63. The lowest BCUT2D eigenvalue weighted by Gasteiger charge is -2.28. The number of imidazole rings is 1. The highest BCUT2D eigenvalue weighted by molar-refractivity contribution is 6.33. The molecule has 4 rings (SSSR count). The summed E-state index contributed by atoms with van der Waals surface area (Å²) in [6, 6.07) is 8.41. The standard InChI is InChI=1S/C22H21ClN6O4/c23-16-10-24-11-27-19(16)29-20(30)13-6-8-14(9-7-13)28-21(31)17-18(26-12-25-17)22(32)33-15-4-2-1-3-5-15/h1-5,10-14H,6-9H2,(H,25,26)(H,28,31)(H,24,27,29,30). The number of ether oxygens (including phenoxy) is 1. The average Bonchev–Trinajstić information content (AvgIpc) is 3.32. The van der Waals surface area contributed by atoms with Crippen molar-refractivity contribution in [2.24, 2.45) is 5.92 Å². The highest BCUT2D eigenvalue weighted by Crippen LogP contribution is 2.27. The second kappa shape index (κ2) is 10.2. The molecule has 1 aliphatic carbocycles. The van der Waals surface area contributed by atoms with Gasteiger partial charge in [-0.25, -0.2) is 19.7 Å². The molecular formula is C22H21ClN6O4. The highest BCUT2D eigenvalue weighted by Gasteiger charge is 2.29. The molecule has 1 fully saturated rings. The van der Waals surface area contributed by atoms with E-state index in [1.807, 2.05) is 0 Å². The van der Waals surface area contributed by atoms with Gasteiger partial charge in [-0.2, -0.15) is 0 Å². The molecule has 10 nitrogen and oxygen atoms in total. The Kier molecular flexibility index (Phi) is 6.94. The molecule has 0 aliphatic heterocycles. The second-order valence-electron chi connectivity index (χ2n) is 7.56. The van der Waals surface area contributed by atoms with E-state index in [1.54, 1.807) is 30.3 Å². The van der Waals surface area contributed by atoms with Gasteiger partial charge in [0.05, 0.1) is 12.5 Å². The highest BCUT2D eigenvalue weighted by atomic mass is 35.5. The topological polar surface area (TPSA) is 139 Å². The number of carbonyl (C=O) groups is 3. The fraction of sp³-hybridized carbons (Fsp3) is 0.273. The van der Waals surface area contributed by atoms with E-state index >= 15 is 0 Å². The monoisotopic (exact) mass is 468 g/mol. The summed E-state index contributed by atoms with van der Waals surface area (Å²) in [7, 11) is 0. The van der Waals surface area contributed by atoms with Gasteiger partial charge in [0.15, 0.2) is 11.5 Å². The van der Waals surface area contributed by atoms with Gasteiger partial charge in [0.1, 0.15) is 22.8 Å². The van der Waals surface area contributed by atoms with Gasteiger partial charge in [-0.3, -0.25) is 9.59 Å². The molecule has 2 aromatic heterocycles. The zero-order valence-corrected chi connectivity index (χ0v) is 18.2. The number of aromatic amines is 1. The maximum atomic E-state index is 12.7. The minimum Gasteiger partial charge on any atom is -0.422 e. The molecule has 3 aromatic rings. The molecule has 0 spiro atoms. The van der Waals surface area contributed by atoms with E-state index in [0.717, 1.165) is 0 Å². The molecule has 11 heteroatoms. The Morgan fingerprint density at radius 2 is 1.82 bits per heavy atom. The number of hydrogen-bond acceptors (Lipinski definition) is 7. The molecule has 1 aromatic carbocycles. The SMILES string of the molecule is O=C(Oc1ccccc1)c1nc[nH]c1C(=O)NC1CCC(C(=O)Nc2ncncc2Cl)CC1. The van der Waals surface area contributed by atoms with E-state index in [-0.39, 0.29) is 40.1 Å². The lowest BCUT2D eigenvalue weighted by molar-refractivity contribution is -0.120. The molecule has 0 atom stereocenters. The largest absolute Gasteiger partial charge is 0.422 e. The Bertz CT molecular complexity index is 1140. The summed E-state index contributed by atoms with van der Waals surface area (Å²) in [6.07, 6.45) is 6.40. The summed E-state index contributed by atoms with van der Waals surface area (Å²) in [6.45, 7) is 0. The van der Waals surface area contributed by atoms with Crippen LogP contribution in [0, 0.1) is 5.92 Å². The molecule has 170 valence electrons. The van der Waals surface area contributed by atoms with Crippen molar-refractivity contribution in [1.29, 1.82) is 0 Å². The molecule has 3 N–H and O–H groups in total. The van der Waals surface area contributed by atoms with Crippen LogP contribution < -0.4 is 15.4 Å². The van der Waals surface area contributed by atoms with Gasteiger partial charge < -0.3 is 20.4 Å². The molecular weight excluding hydrogens is 448 g/mol. The number of esters is 1. The molecule has 1 saturated carbocycles. The van der Waals surface area contributed by atoms with Crippen LogP contribution in [0.25, 0.3) is 0 Å². The van der Waals surface area contributed by atoms with Crippen LogP contribution in [0.3, 0.4) is 0 Å². The minimum atomic E-state index is -0.726. The Labute approximate surface area is 194 Å². The number of halogens is 1.